The van der Waals surface area contributed by atoms with E-state index < -0.39 is 0 Å². The smallest absolute Gasteiger partial charge is 0.00387 e. The molecule has 4 heteroatoms. The van der Waals surface area contributed by atoms with Gasteiger partial charge in [0.2, 0.25) is 0 Å². The number of nitrogens with zero attached hydrogens (tertiary/aromatic N) is 2. The molecule has 2 N–H and O–H groups in total. The van der Waals surface area contributed by atoms with Crippen molar-refractivity contribution in [1.82, 2.24) is 20.4 Å². The van der Waals surface area contributed by atoms with Crippen molar-refractivity contribution in [1.29, 1.82) is 0 Å². The predicted octanol–water partition coefficient (Wildman–Crippen LogP) is 9.14. The van der Waals surface area contributed by atoms with E-state index in [0.717, 1.165) is 11.8 Å². The average Bonchev–Trinajstić information content (AvgIpc) is 2.94. The number of rotatable bonds is 32. The molecule has 3 atom stereocenters. The van der Waals surface area contributed by atoms with Gasteiger partial charge in [-0.25, -0.2) is 0 Å². The molecule has 0 radical (unpaired) electrons. The first kappa shape index (κ1) is 39.8. The van der Waals surface area contributed by atoms with Gasteiger partial charge in [0.1, 0.15) is 0 Å². The SMILES string of the molecule is CCCCN(CCCC)CCCC(C)CCNCCCCC(C)NCCC(C)CCCN(CCCC)CCCC. The van der Waals surface area contributed by atoms with Crippen LogP contribution in [0, 0.1) is 11.8 Å². The topological polar surface area (TPSA) is 30.5 Å². The molecule has 0 rings (SSSR count). The zero-order valence-electron chi connectivity index (χ0n) is 29.0. The third-order valence-corrected chi connectivity index (χ3v) is 8.84. The maximum atomic E-state index is 3.80. The van der Waals surface area contributed by atoms with Gasteiger partial charge in [-0.1, -0.05) is 73.6 Å². The van der Waals surface area contributed by atoms with Gasteiger partial charge in [-0.3, -0.25) is 0 Å². The van der Waals surface area contributed by atoms with E-state index >= 15 is 0 Å². The Kier molecular flexibility index (Phi) is 30.2. The molecular weight excluding hydrogens is 488 g/mol. The standard InChI is InChI=1S/C36H78N4/c1-8-12-28-39(29-13-9-2)32-18-20-34(5)23-26-37-25-17-16-22-36(7)38-27-24-35(6)21-19-33-40(30-14-10-3)31-15-11-4/h34-38H,8-33H2,1-7H3. The Balaban J connectivity index is 3.70. The van der Waals surface area contributed by atoms with Crippen molar-refractivity contribution in [3.05, 3.63) is 0 Å². The van der Waals surface area contributed by atoms with Crippen LogP contribution in [-0.4, -0.2) is 74.7 Å². The molecule has 0 aliphatic heterocycles. The normalized spacial score (nSPS) is 14.3. The van der Waals surface area contributed by atoms with E-state index in [1.807, 2.05) is 0 Å². The Hall–Kier alpha value is -0.160. The summed E-state index contributed by atoms with van der Waals surface area (Å²) in [5.41, 5.74) is 0. The number of hydrogen-bond acceptors (Lipinski definition) is 4. The lowest BCUT2D eigenvalue weighted by Crippen LogP contribution is -2.29. The molecular formula is C36H78N4. The van der Waals surface area contributed by atoms with Crippen molar-refractivity contribution in [2.24, 2.45) is 11.8 Å². The van der Waals surface area contributed by atoms with Gasteiger partial charge in [-0.05, 0) is 155 Å². The zero-order chi connectivity index (χ0) is 29.7. The predicted molar refractivity (Wildman–Crippen MR) is 183 cm³/mol. The summed E-state index contributed by atoms with van der Waals surface area (Å²) in [4.78, 5) is 5.43. The molecule has 0 aliphatic rings. The van der Waals surface area contributed by atoms with E-state index in [2.05, 4.69) is 68.9 Å². The van der Waals surface area contributed by atoms with Crippen molar-refractivity contribution in [2.75, 3.05) is 58.9 Å². The summed E-state index contributed by atoms with van der Waals surface area (Å²) in [6.45, 7) is 27.9. The summed E-state index contributed by atoms with van der Waals surface area (Å²) in [5.74, 6) is 1.69. The van der Waals surface area contributed by atoms with Crippen molar-refractivity contribution in [3.63, 3.8) is 0 Å². The molecule has 0 saturated carbocycles. The lowest BCUT2D eigenvalue weighted by molar-refractivity contribution is 0.252. The van der Waals surface area contributed by atoms with E-state index in [4.69, 9.17) is 0 Å². The van der Waals surface area contributed by atoms with Crippen LogP contribution in [0.1, 0.15) is 158 Å². The van der Waals surface area contributed by atoms with Crippen LogP contribution in [0.2, 0.25) is 0 Å². The van der Waals surface area contributed by atoms with Crippen LogP contribution in [0.5, 0.6) is 0 Å². The summed E-state index contributed by atoms with van der Waals surface area (Å²) < 4.78 is 0. The summed E-state index contributed by atoms with van der Waals surface area (Å²) in [5, 5.41) is 7.52. The first-order valence-electron chi connectivity index (χ1n) is 18.3. The Morgan fingerprint density at radius 3 is 1.30 bits per heavy atom. The molecule has 0 fully saturated rings. The van der Waals surface area contributed by atoms with Crippen molar-refractivity contribution in [3.8, 4) is 0 Å². The molecule has 0 heterocycles. The summed E-state index contributed by atoms with van der Waals surface area (Å²) in [6, 6.07) is 0.653. The number of hydrogen-bond donors (Lipinski definition) is 2. The quantitative estimate of drug-likeness (QED) is 0.0795. The highest BCUT2D eigenvalue weighted by Crippen LogP contribution is 2.13. The molecule has 0 aromatic heterocycles. The molecule has 0 spiro atoms. The van der Waals surface area contributed by atoms with Crippen molar-refractivity contribution in [2.45, 2.75) is 164 Å². The van der Waals surface area contributed by atoms with Crippen LogP contribution >= 0.6 is 0 Å². The highest BCUT2D eigenvalue weighted by molar-refractivity contribution is 4.66. The van der Waals surface area contributed by atoms with Gasteiger partial charge < -0.3 is 20.4 Å². The second-order valence-electron chi connectivity index (χ2n) is 13.3. The fourth-order valence-corrected chi connectivity index (χ4v) is 5.67. The van der Waals surface area contributed by atoms with Gasteiger partial charge in [0.25, 0.3) is 0 Å². The maximum Gasteiger partial charge on any atom is 0.00387 e. The minimum atomic E-state index is 0.653. The Morgan fingerprint density at radius 1 is 0.425 bits per heavy atom. The van der Waals surface area contributed by atoms with Gasteiger partial charge >= 0.3 is 0 Å². The minimum Gasteiger partial charge on any atom is -0.317 e. The molecule has 242 valence electrons. The first-order valence-corrected chi connectivity index (χ1v) is 18.3. The Labute approximate surface area is 254 Å². The molecule has 0 bridgehead atoms. The Bertz CT molecular complexity index is 469. The Morgan fingerprint density at radius 2 is 0.850 bits per heavy atom. The second kappa shape index (κ2) is 30.3. The maximum absolute atomic E-state index is 3.80. The summed E-state index contributed by atoms with van der Waals surface area (Å²) in [6.07, 6.45) is 22.8. The van der Waals surface area contributed by atoms with Gasteiger partial charge in [-0.15, -0.1) is 0 Å². The minimum absolute atomic E-state index is 0.653. The fourth-order valence-electron chi connectivity index (χ4n) is 5.67. The van der Waals surface area contributed by atoms with Gasteiger partial charge in [-0.2, -0.15) is 0 Å². The average molecular weight is 567 g/mol. The van der Waals surface area contributed by atoms with Crippen LogP contribution in [-0.2, 0) is 0 Å². The number of unbranched alkanes of at least 4 members (excludes halogenated alkanes) is 5. The monoisotopic (exact) mass is 567 g/mol. The summed E-state index contributed by atoms with van der Waals surface area (Å²) >= 11 is 0. The molecule has 3 unspecified atom stereocenters. The molecule has 0 saturated heterocycles. The molecule has 40 heavy (non-hydrogen) atoms. The largest absolute Gasteiger partial charge is 0.317 e. The first-order chi connectivity index (χ1) is 19.5. The third-order valence-electron chi connectivity index (χ3n) is 8.84. The molecule has 4 nitrogen and oxygen atoms in total. The van der Waals surface area contributed by atoms with E-state index in [1.54, 1.807) is 0 Å². The zero-order valence-corrected chi connectivity index (χ0v) is 29.0. The lowest BCUT2D eigenvalue weighted by Gasteiger charge is -2.23. The third kappa shape index (κ3) is 26.7. The summed E-state index contributed by atoms with van der Waals surface area (Å²) in [7, 11) is 0. The van der Waals surface area contributed by atoms with Crippen LogP contribution in [0.25, 0.3) is 0 Å². The molecule has 0 aliphatic carbocycles. The molecule has 0 aromatic rings. The van der Waals surface area contributed by atoms with Crippen LogP contribution in [0.4, 0.5) is 0 Å². The van der Waals surface area contributed by atoms with Crippen molar-refractivity contribution < 1.29 is 0 Å². The van der Waals surface area contributed by atoms with Crippen molar-refractivity contribution >= 4 is 0 Å². The van der Waals surface area contributed by atoms with Gasteiger partial charge in [0.05, 0.1) is 0 Å². The number of nitrogens with one attached hydrogen (secondary N) is 2. The molecule has 0 amide bonds. The van der Waals surface area contributed by atoms with Gasteiger partial charge in [0.15, 0.2) is 0 Å². The second-order valence-corrected chi connectivity index (χ2v) is 13.3. The molecule has 0 aromatic carbocycles. The van der Waals surface area contributed by atoms with E-state index in [0.29, 0.717) is 6.04 Å². The lowest BCUT2D eigenvalue weighted by atomic mass is 10.0. The highest BCUT2D eigenvalue weighted by atomic mass is 15.1. The van der Waals surface area contributed by atoms with E-state index in [-0.39, 0.29) is 0 Å². The van der Waals surface area contributed by atoms with E-state index in [1.165, 1.54) is 168 Å². The van der Waals surface area contributed by atoms with Crippen LogP contribution in [0.3, 0.4) is 0 Å². The van der Waals surface area contributed by atoms with E-state index in [9.17, 15) is 0 Å². The highest BCUT2D eigenvalue weighted by Gasteiger charge is 2.09. The van der Waals surface area contributed by atoms with Gasteiger partial charge in [0, 0.05) is 6.04 Å². The van der Waals surface area contributed by atoms with Crippen LogP contribution in [0.15, 0.2) is 0 Å². The van der Waals surface area contributed by atoms with Crippen LogP contribution < -0.4 is 10.6 Å². The fraction of sp³-hybridized carbons (Fsp3) is 1.00.